The smallest absolute Gasteiger partial charge is 0.335 e. The minimum Gasteiger partial charge on any atom is -0.478 e. The van der Waals surface area contributed by atoms with Crippen LogP contribution in [0.4, 0.5) is 5.69 Å². The van der Waals surface area contributed by atoms with Crippen molar-refractivity contribution in [1.29, 1.82) is 0 Å². The Morgan fingerprint density at radius 2 is 1.85 bits per heavy atom. The van der Waals surface area contributed by atoms with Crippen molar-refractivity contribution < 1.29 is 14.7 Å². The lowest BCUT2D eigenvalue weighted by Gasteiger charge is -2.13. The van der Waals surface area contributed by atoms with Gasteiger partial charge >= 0.3 is 5.97 Å². The molecular weight excluding hydrogens is 348 g/mol. The summed E-state index contributed by atoms with van der Waals surface area (Å²) in [6.07, 6.45) is 2.61. The Hall–Kier alpha value is -2.86. The van der Waals surface area contributed by atoms with E-state index >= 15 is 0 Å². The quantitative estimate of drug-likeness (QED) is 0.796. The zero-order chi connectivity index (χ0) is 18.5. The van der Waals surface area contributed by atoms with Gasteiger partial charge in [0.1, 0.15) is 0 Å². The van der Waals surface area contributed by atoms with Crippen molar-refractivity contribution in [3.05, 3.63) is 70.6 Å². The maximum Gasteiger partial charge on any atom is 0.335 e. The first-order chi connectivity index (χ1) is 12.6. The van der Waals surface area contributed by atoms with E-state index in [1.165, 1.54) is 23.9 Å². The van der Waals surface area contributed by atoms with Crippen LogP contribution < -0.4 is 0 Å². The minimum absolute atomic E-state index is 0.0751. The Balaban J connectivity index is 1.90. The Labute approximate surface area is 156 Å². The molecule has 0 saturated carbocycles. The number of aromatic carboxylic acids is 1. The van der Waals surface area contributed by atoms with Crippen LogP contribution >= 0.6 is 11.8 Å². The van der Waals surface area contributed by atoms with Crippen molar-refractivity contribution in [2.24, 2.45) is 4.99 Å². The maximum absolute atomic E-state index is 12.7. The van der Waals surface area contributed by atoms with Crippen molar-refractivity contribution in [2.75, 3.05) is 6.54 Å². The zero-order valence-corrected chi connectivity index (χ0v) is 15.1. The van der Waals surface area contributed by atoms with Gasteiger partial charge in [0.05, 0.1) is 16.2 Å². The van der Waals surface area contributed by atoms with E-state index in [9.17, 15) is 9.59 Å². The monoisotopic (exact) mass is 366 g/mol. The molecule has 2 aromatic rings. The average Bonchev–Trinajstić information content (AvgIpc) is 2.92. The number of benzene rings is 2. The second-order valence-electron chi connectivity index (χ2n) is 5.72. The van der Waals surface area contributed by atoms with Crippen LogP contribution in [0.5, 0.6) is 0 Å². The fourth-order valence-corrected chi connectivity index (χ4v) is 3.52. The molecule has 0 bridgehead atoms. The van der Waals surface area contributed by atoms with Crippen molar-refractivity contribution in [1.82, 2.24) is 4.90 Å². The van der Waals surface area contributed by atoms with Gasteiger partial charge in [-0.25, -0.2) is 9.79 Å². The van der Waals surface area contributed by atoms with Crippen molar-refractivity contribution in [2.45, 2.75) is 13.3 Å². The highest BCUT2D eigenvalue weighted by Crippen LogP contribution is 2.34. The number of nitrogens with zero attached hydrogens (tertiary/aromatic N) is 2. The van der Waals surface area contributed by atoms with E-state index in [1.807, 2.05) is 37.3 Å². The van der Waals surface area contributed by atoms with Gasteiger partial charge in [-0.15, -0.1) is 0 Å². The topological polar surface area (TPSA) is 70.0 Å². The van der Waals surface area contributed by atoms with E-state index in [0.717, 1.165) is 17.7 Å². The summed E-state index contributed by atoms with van der Waals surface area (Å²) < 4.78 is 0. The molecule has 1 aliphatic rings. The number of carbonyl (C=O) groups excluding carboxylic acids is 1. The van der Waals surface area contributed by atoms with Crippen LogP contribution in [-0.4, -0.2) is 33.6 Å². The summed E-state index contributed by atoms with van der Waals surface area (Å²) in [4.78, 5) is 30.6. The Morgan fingerprint density at radius 3 is 2.46 bits per heavy atom. The molecular formula is C20H18N2O3S. The van der Waals surface area contributed by atoms with Gasteiger partial charge in [0.25, 0.3) is 5.91 Å². The number of aliphatic imine (C=N–C) groups is 1. The molecule has 1 heterocycles. The molecule has 1 aliphatic heterocycles. The number of carboxylic acid groups (broad SMARTS) is 1. The Morgan fingerprint density at radius 1 is 1.15 bits per heavy atom. The lowest BCUT2D eigenvalue weighted by Crippen LogP contribution is -2.29. The molecule has 26 heavy (non-hydrogen) atoms. The van der Waals surface area contributed by atoms with Crippen LogP contribution in [0.2, 0.25) is 0 Å². The predicted octanol–water partition coefficient (Wildman–Crippen LogP) is 4.40. The summed E-state index contributed by atoms with van der Waals surface area (Å²) in [5.74, 6) is -1.05. The summed E-state index contributed by atoms with van der Waals surface area (Å²) in [5.41, 5.74) is 1.80. The third-order valence-corrected chi connectivity index (χ3v) is 4.78. The van der Waals surface area contributed by atoms with Crippen LogP contribution in [0.1, 0.15) is 29.3 Å². The summed E-state index contributed by atoms with van der Waals surface area (Å²) in [6, 6.07) is 16.0. The van der Waals surface area contributed by atoms with Gasteiger partial charge in [-0.3, -0.25) is 9.69 Å². The molecule has 0 atom stereocenters. The van der Waals surface area contributed by atoms with Gasteiger partial charge < -0.3 is 5.11 Å². The molecule has 6 heteroatoms. The summed E-state index contributed by atoms with van der Waals surface area (Å²) in [6.45, 7) is 2.62. The molecule has 0 spiro atoms. The number of amides is 1. The van der Waals surface area contributed by atoms with Gasteiger partial charge in [-0.2, -0.15) is 0 Å². The highest BCUT2D eigenvalue weighted by molar-refractivity contribution is 8.18. The molecule has 1 amide bonds. The number of thioether (sulfide) groups is 1. The number of carboxylic acids is 1. The fourth-order valence-electron chi connectivity index (χ4n) is 2.50. The zero-order valence-electron chi connectivity index (χ0n) is 14.3. The van der Waals surface area contributed by atoms with Gasteiger partial charge in [0, 0.05) is 6.54 Å². The molecule has 3 rings (SSSR count). The van der Waals surface area contributed by atoms with E-state index in [-0.39, 0.29) is 11.5 Å². The molecule has 132 valence electrons. The second kappa shape index (κ2) is 8.01. The van der Waals surface area contributed by atoms with Gasteiger partial charge in [0.15, 0.2) is 5.17 Å². The first kappa shape index (κ1) is 17.9. The SMILES string of the molecule is CCCN1C(=O)/C(=C\c2ccc(C(=O)O)cc2)SC1=Nc1ccccc1. The van der Waals surface area contributed by atoms with Crippen LogP contribution in [0.25, 0.3) is 6.08 Å². The van der Waals surface area contributed by atoms with Gasteiger partial charge in [-0.05, 0) is 54.1 Å². The van der Waals surface area contributed by atoms with E-state index in [2.05, 4.69) is 4.99 Å². The van der Waals surface area contributed by atoms with Crippen molar-refractivity contribution in [3.63, 3.8) is 0 Å². The maximum atomic E-state index is 12.7. The number of amidine groups is 1. The standard InChI is InChI=1S/C20H18N2O3S/c1-2-12-22-18(23)17(13-14-8-10-15(11-9-14)19(24)25)26-20(22)21-16-6-4-3-5-7-16/h3-11,13H,2,12H2,1H3,(H,24,25)/b17-13+,21-20?. The lowest BCUT2D eigenvalue weighted by atomic mass is 10.1. The van der Waals surface area contributed by atoms with Gasteiger partial charge in [0.2, 0.25) is 0 Å². The van der Waals surface area contributed by atoms with Gasteiger partial charge in [-0.1, -0.05) is 37.3 Å². The predicted molar refractivity (Wildman–Crippen MR) is 105 cm³/mol. The van der Waals surface area contributed by atoms with Crippen molar-refractivity contribution in [3.8, 4) is 0 Å². The largest absolute Gasteiger partial charge is 0.478 e. The highest BCUT2D eigenvalue weighted by atomic mass is 32.2. The summed E-state index contributed by atoms with van der Waals surface area (Å²) >= 11 is 1.34. The number of hydrogen-bond acceptors (Lipinski definition) is 4. The van der Waals surface area contributed by atoms with Crippen LogP contribution in [-0.2, 0) is 4.79 Å². The van der Waals surface area contributed by atoms with Crippen LogP contribution in [0.3, 0.4) is 0 Å². The molecule has 0 unspecified atom stereocenters. The normalized spacial score (nSPS) is 17.3. The molecule has 0 aliphatic carbocycles. The highest BCUT2D eigenvalue weighted by Gasteiger charge is 2.32. The van der Waals surface area contributed by atoms with Crippen molar-refractivity contribution >= 4 is 40.6 Å². The third-order valence-electron chi connectivity index (χ3n) is 3.77. The first-order valence-corrected chi connectivity index (χ1v) is 9.08. The molecule has 5 nitrogen and oxygen atoms in total. The number of para-hydroxylation sites is 1. The Kier molecular flexibility index (Phi) is 5.53. The average molecular weight is 366 g/mol. The number of rotatable bonds is 5. The second-order valence-corrected chi connectivity index (χ2v) is 6.73. The molecule has 1 N–H and O–H groups in total. The molecule has 1 saturated heterocycles. The molecule has 0 aromatic heterocycles. The van der Waals surface area contributed by atoms with E-state index in [0.29, 0.717) is 16.6 Å². The first-order valence-electron chi connectivity index (χ1n) is 8.27. The molecule has 0 radical (unpaired) electrons. The van der Waals surface area contributed by atoms with E-state index in [1.54, 1.807) is 23.1 Å². The third kappa shape index (κ3) is 4.03. The summed E-state index contributed by atoms with van der Waals surface area (Å²) in [7, 11) is 0. The summed E-state index contributed by atoms with van der Waals surface area (Å²) in [5, 5.41) is 9.64. The fraction of sp³-hybridized carbons (Fsp3) is 0.150. The number of hydrogen-bond donors (Lipinski definition) is 1. The number of carbonyl (C=O) groups is 2. The van der Waals surface area contributed by atoms with E-state index < -0.39 is 5.97 Å². The molecule has 2 aromatic carbocycles. The van der Waals surface area contributed by atoms with Crippen LogP contribution in [0, 0.1) is 0 Å². The van der Waals surface area contributed by atoms with E-state index in [4.69, 9.17) is 5.11 Å². The lowest BCUT2D eigenvalue weighted by molar-refractivity contribution is -0.122. The molecule has 1 fully saturated rings. The van der Waals surface area contributed by atoms with Crippen LogP contribution in [0.15, 0.2) is 64.5 Å². The Bertz CT molecular complexity index is 874. The minimum atomic E-state index is -0.970.